The van der Waals surface area contributed by atoms with E-state index in [0.29, 0.717) is 0 Å². The molecule has 0 aliphatic carbocycles. The Kier molecular flexibility index (Phi) is 3.66. The number of fused-ring (bicyclic) bond motifs is 1. The lowest BCUT2D eigenvalue weighted by Gasteiger charge is -2.09. The first-order valence-electron chi connectivity index (χ1n) is 6.04. The van der Waals surface area contributed by atoms with Crippen LogP contribution in [0.15, 0.2) is 53.0 Å². The van der Waals surface area contributed by atoms with Gasteiger partial charge in [-0.2, -0.15) is 0 Å². The Labute approximate surface area is 130 Å². The Morgan fingerprint density at radius 3 is 2.47 bits per heavy atom. The van der Waals surface area contributed by atoms with Crippen molar-refractivity contribution in [1.82, 2.24) is 0 Å². The molecule has 1 unspecified atom stereocenters. The molecule has 0 aliphatic rings. The summed E-state index contributed by atoms with van der Waals surface area (Å²) in [5, 5.41) is 2.40. The number of halogens is 2. The molecule has 19 heavy (non-hydrogen) atoms. The van der Waals surface area contributed by atoms with Crippen LogP contribution in [0.25, 0.3) is 10.8 Å². The normalized spacial score (nSPS) is 12.8. The van der Waals surface area contributed by atoms with Gasteiger partial charge in [0, 0.05) is 14.2 Å². The van der Waals surface area contributed by atoms with Crippen LogP contribution in [-0.2, 0) is 0 Å². The van der Waals surface area contributed by atoms with E-state index in [2.05, 4.69) is 71.4 Å². The van der Waals surface area contributed by atoms with Crippen LogP contribution >= 0.6 is 38.9 Å². The van der Waals surface area contributed by atoms with Crippen molar-refractivity contribution in [2.75, 3.05) is 0 Å². The molecule has 2 aromatic carbocycles. The van der Waals surface area contributed by atoms with Crippen LogP contribution in [0.5, 0.6) is 0 Å². The molecule has 1 aromatic heterocycles. The van der Waals surface area contributed by atoms with Gasteiger partial charge in [0.2, 0.25) is 0 Å². The Balaban J connectivity index is 2.03. The third-order valence-electron chi connectivity index (χ3n) is 3.19. The first-order valence-corrected chi connectivity index (χ1v) is 8.08. The number of thiophene rings is 1. The van der Waals surface area contributed by atoms with Crippen LogP contribution < -0.4 is 0 Å². The van der Waals surface area contributed by atoms with Crippen molar-refractivity contribution in [2.45, 2.75) is 12.3 Å². The van der Waals surface area contributed by atoms with E-state index in [1.54, 1.807) is 11.3 Å². The highest BCUT2D eigenvalue weighted by Crippen LogP contribution is 2.38. The Hall–Kier alpha value is -0.830. The lowest BCUT2D eigenvalue weighted by Crippen LogP contribution is -1.89. The minimum Gasteiger partial charge on any atom is -0.143 e. The zero-order valence-corrected chi connectivity index (χ0v) is 13.5. The van der Waals surface area contributed by atoms with Gasteiger partial charge in [-0.25, -0.2) is 0 Å². The minimum absolute atomic E-state index is 0.0837. The molecule has 0 bridgehead atoms. The highest BCUT2D eigenvalue weighted by molar-refractivity contribution is 9.10. The zero-order chi connectivity index (χ0) is 13.4. The second-order valence-corrected chi connectivity index (χ2v) is 7.10. The maximum atomic E-state index is 6.61. The van der Waals surface area contributed by atoms with E-state index in [0.717, 1.165) is 10.0 Å². The third-order valence-corrected chi connectivity index (χ3v) is 6.01. The fourth-order valence-corrected chi connectivity index (χ4v) is 4.04. The Morgan fingerprint density at radius 2 is 1.79 bits per heavy atom. The van der Waals surface area contributed by atoms with Crippen LogP contribution in [0.3, 0.4) is 0 Å². The summed E-state index contributed by atoms with van der Waals surface area (Å²) in [4.78, 5) is 2.45. The van der Waals surface area contributed by atoms with Gasteiger partial charge in [0.1, 0.15) is 0 Å². The van der Waals surface area contributed by atoms with Crippen LogP contribution in [0.1, 0.15) is 20.7 Å². The highest BCUT2D eigenvalue weighted by Gasteiger charge is 2.15. The average Bonchev–Trinajstić information content (AvgIpc) is 2.77. The molecule has 3 aromatic rings. The highest BCUT2D eigenvalue weighted by atomic mass is 79.9. The van der Waals surface area contributed by atoms with Gasteiger partial charge >= 0.3 is 0 Å². The van der Waals surface area contributed by atoms with E-state index >= 15 is 0 Å². The van der Waals surface area contributed by atoms with Crippen molar-refractivity contribution < 1.29 is 0 Å². The summed E-state index contributed by atoms with van der Waals surface area (Å²) in [6.07, 6.45) is 0. The van der Waals surface area contributed by atoms with Crippen molar-refractivity contribution in [3.05, 3.63) is 68.3 Å². The summed E-state index contributed by atoms with van der Waals surface area (Å²) in [6.45, 7) is 2.10. The SMILES string of the molecule is Cc1sc(C(Cl)c2ccc3ccccc3c2)cc1Br. The van der Waals surface area contributed by atoms with Crippen LogP contribution in [0.2, 0.25) is 0 Å². The van der Waals surface area contributed by atoms with Crippen LogP contribution in [0.4, 0.5) is 0 Å². The van der Waals surface area contributed by atoms with Crippen molar-refractivity contribution in [2.24, 2.45) is 0 Å². The lowest BCUT2D eigenvalue weighted by atomic mass is 10.0. The van der Waals surface area contributed by atoms with E-state index in [-0.39, 0.29) is 5.38 Å². The molecule has 1 atom stereocenters. The molecular weight excluding hydrogens is 340 g/mol. The molecule has 0 fully saturated rings. The van der Waals surface area contributed by atoms with Gasteiger partial charge in [-0.05, 0) is 51.3 Å². The van der Waals surface area contributed by atoms with E-state index in [1.807, 2.05) is 0 Å². The number of aryl methyl sites for hydroxylation is 1. The van der Waals surface area contributed by atoms with Gasteiger partial charge in [-0.1, -0.05) is 36.4 Å². The van der Waals surface area contributed by atoms with Crippen LogP contribution in [-0.4, -0.2) is 0 Å². The van der Waals surface area contributed by atoms with Gasteiger partial charge in [0.05, 0.1) is 5.38 Å². The average molecular weight is 352 g/mol. The molecule has 0 saturated carbocycles. The molecule has 0 saturated heterocycles. The summed E-state index contributed by atoms with van der Waals surface area (Å²) in [5.74, 6) is 0. The molecule has 3 rings (SSSR count). The topological polar surface area (TPSA) is 0 Å². The summed E-state index contributed by atoms with van der Waals surface area (Å²) in [5.41, 5.74) is 1.15. The first kappa shape index (κ1) is 13.2. The monoisotopic (exact) mass is 350 g/mol. The smallest absolute Gasteiger partial charge is 0.0928 e. The molecule has 96 valence electrons. The number of hydrogen-bond donors (Lipinski definition) is 0. The Bertz CT molecular complexity index is 713. The summed E-state index contributed by atoms with van der Waals surface area (Å²) in [6, 6.07) is 16.9. The van der Waals surface area contributed by atoms with Crippen molar-refractivity contribution in [3.63, 3.8) is 0 Å². The zero-order valence-electron chi connectivity index (χ0n) is 10.4. The Morgan fingerprint density at radius 1 is 1.05 bits per heavy atom. The van der Waals surface area contributed by atoms with E-state index < -0.39 is 0 Å². The number of alkyl halides is 1. The second kappa shape index (κ2) is 5.28. The van der Waals surface area contributed by atoms with Gasteiger partial charge in [-0.3, -0.25) is 0 Å². The largest absolute Gasteiger partial charge is 0.143 e. The first-order chi connectivity index (χ1) is 9.15. The fourth-order valence-electron chi connectivity index (χ4n) is 2.14. The lowest BCUT2D eigenvalue weighted by molar-refractivity contribution is 1.19. The maximum Gasteiger partial charge on any atom is 0.0928 e. The second-order valence-electron chi connectivity index (χ2n) is 4.52. The molecule has 0 N–H and O–H groups in total. The number of hydrogen-bond acceptors (Lipinski definition) is 1. The third kappa shape index (κ3) is 2.58. The van der Waals surface area contributed by atoms with Gasteiger partial charge in [0.15, 0.2) is 0 Å². The van der Waals surface area contributed by atoms with Crippen molar-refractivity contribution in [3.8, 4) is 0 Å². The molecule has 3 heteroatoms. The summed E-state index contributed by atoms with van der Waals surface area (Å²) < 4.78 is 1.14. The number of rotatable bonds is 2. The molecular formula is C16H12BrClS. The number of benzene rings is 2. The fraction of sp³-hybridized carbons (Fsp3) is 0.125. The minimum atomic E-state index is -0.0837. The summed E-state index contributed by atoms with van der Waals surface area (Å²) >= 11 is 11.9. The predicted octanol–water partition coefficient (Wildman–Crippen LogP) is 6.30. The standard InChI is InChI=1S/C16H12BrClS/c1-10-14(17)9-15(19-10)16(18)13-7-6-11-4-2-3-5-12(11)8-13/h2-9,16H,1H3. The van der Waals surface area contributed by atoms with Gasteiger partial charge < -0.3 is 0 Å². The van der Waals surface area contributed by atoms with E-state index in [1.165, 1.54) is 20.5 Å². The van der Waals surface area contributed by atoms with Gasteiger partial charge in [-0.15, -0.1) is 22.9 Å². The molecule has 0 spiro atoms. The molecule has 0 aliphatic heterocycles. The molecule has 0 nitrogen and oxygen atoms in total. The maximum absolute atomic E-state index is 6.61. The quantitative estimate of drug-likeness (QED) is 0.475. The van der Waals surface area contributed by atoms with E-state index in [4.69, 9.17) is 11.6 Å². The van der Waals surface area contributed by atoms with Crippen molar-refractivity contribution in [1.29, 1.82) is 0 Å². The van der Waals surface area contributed by atoms with Gasteiger partial charge in [0.25, 0.3) is 0 Å². The predicted molar refractivity (Wildman–Crippen MR) is 88.4 cm³/mol. The molecule has 1 heterocycles. The van der Waals surface area contributed by atoms with E-state index in [9.17, 15) is 0 Å². The molecule has 0 amide bonds. The van der Waals surface area contributed by atoms with Crippen molar-refractivity contribution >= 4 is 49.6 Å². The molecule has 0 radical (unpaired) electrons. The summed E-state index contributed by atoms with van der Waals surface area (Å²) in [7, 11) is 0. The van der Waals surface area contributed by atoms with Crippen LogP contribution in [0, 0.1) is 6.92 Å².